The maximum Gasteiger partial charge on any atom is 0.320 e. The van der Waals surface area contributed by atoms with E-state index in [0.29, 0.717) is 11.4 Å². The highest BCUT2D eigenvalue weighted by Crippen LogP contribution is 2.16. The zero-order valence-corrected chi connectivity index (χ0v) is 8.58. The summed E-state index contributed by atoms with van der Waals surface area (Å²) in [4.78, 5) is 10.5. The SMILES string of the molecule is Cc1cc(Cl)ccc1C[C@@H](N)C(=O)O. The van der Waals surface area contributed by atoms with Gasteiger partial charge in [0.15, 0.2) is 0 Å². The minimum absolute atomic E-state index is 0.332. The highest BCUT2D eigenvalue weighted by molar-refractivity contribution is 6.30. The highest BCUT2D eigenvalue weighted by atomic mass is 35.5. The molecule has 3 nitrogen and oxygen atoms in total. The number of rotatable bonds is 3. The van der Waals surface area contributed by atoms with E-state index in [2.05, 4.69) is 0 Å². The van der Waals surface area contributed by atoms with Gasteiger partial charge in [0.1, 0.15) is 6.04 Å². The first-order valence-electron chi connectivity index (χ1n) is 4.24. The van der Waals surface area contributed by atoms with Gasteiger partial charge in [0, 0.05) is 5.02 Å². The van der Waals surface area contributed by atoms with Crippen molar-refractivity contribution in [2.24, 2.45) is 5.73 Å². The van der Waals surface area contributed by atoms with Crippen LogP contribution in [0.4, 0.5) is 0 Å². The van der Waals surface area contributed by atoms with E-state index in [1.54, 1.807) is 18.2 Å². The summed E-state index contributed by atoms with van der Waals surface area (Å²) in [5, 5.41) is 9.29. The molecule has 14 heavy (non-hydrogen) atoms. The molecule has 3 N–H and O–H groups in total. The van der Waals surface area contributed by atoms with Gasteiger partial charge >= 0.3 is 5.97 Å². The molecule has 0 bridgehead atoms. The molecule has 0 aliphatic carbocycles. The van der Waals surface area contributed by atoms with Crippen LogP contribution in [0.2, 0.25) is 5.02 Å². The number of hydrogen-bond acceptors (Lipinski definition) is 2. The lowest BCUT2D eigenvalue weighted by atomic mass is 10.0. The summed E-state index contributed by atoms with van der Waals surface area (Å²) < 4.78 is 0. The number of hydrogen-bond donors (Lipinski definition) is 2. The molecule has 1 aromatic rings. The normalized spacial score (nSPS) is 12.5. The zero-order chi connectivity index (χ0) is 10.7. The Morgan fingerprint density at radius 1 is 1.64 bits per heavy atom. The molecule has 1 atom stereocenters. The van der Waals surface area contributed by atoms with Crippen LogP contribution in [0, 0.1) is 6.92 Å². The Morgan fingerprint density at radius 3 is 2.79 bits per heavy atom. The Kier molecular flexibility index (Phi) is 3.49. The maximum absolute atomic E-state index is 10.5. The number of carboxylic acid groups (broad SMARTS) is 1. The van der Waals surface area contributed by atoms with Crippen LogP contribution in [0.25, 0.3) is 0 Å². The fourth-order valence-electron chi connectivity index (χ4n) is 1.21. The van der Waals surface area contributed by atoms with E-state index in [1.807, 2.05) is 6.92 Å². The van der Waals surface area contributed by atoms with Crippen LogP contribution >= 0.6 is 11.6 Å². The highest BCUT2D eigenvalue weighted by Gasteiger charge is 2.13. The molecule has 0 fully saturated rings. The Hall–Kier alpha value is -1.06. The van der Waals surface area contributed by atoms with E-state index < -0.39 is 12.0 Å². The molecule has 0 saturated heterocycles. The molecule has 0 unspecified atom stereocenters. The number of halogens is 1. The van der Waals surface area contributed by atoms with Gasteiger partial charge in [-0.15, -0.1) is 0 Å². The van der Waals surface area contributed by atoms with Crippen LogP contribution in [0.1, 0.15) is 11.1 Å². The van der Waals surface area contributed by atoms with Crippen LogP contribution in [-0.2, 0) is 11.2 Å². The van der Waals surface area contributed by atoms with Crippen molar-refractivity contribution in [2.75, 3.05) is 0 Å². The molecule has 0 heterocycles. The molecule has 0 saturated carbocycles. The molecule has 4 heteroatoms. The third-order valence-corrected chi connectivity index (χ3v) is 2.30. The summed E-state index contributed by atoms with van der Waals surface area (Å²) in [6.07, 6.45) is 0.332. The Bertz CT molecular complexity index is 352. The molecule has 0 amide bonds. The summed E-state index contributed by atoms with van der Waals surface area (Å²) in [6.45, 7) is 1.88. The topological polar surface area (TPSA) is 63.3 Å². The third-order valence-electron chi connectivity index (χ3n) is 2.06. The van der Waals surface area contributed by atoms with Crippen molar-refractivity contribution in [1.29, 1.82) is 0 Å². The zero-order valence-electron chi connectivity index (χ0n) is 7.83. The van der Waals surface area contributed by atoms with Crippen molar-refractivity contribution < 1.29 is 9.90 Å². The van der Waals surface area contributed by atoms with Crippen LogP contribution in [-0.4, -0.2) is 17.1 Å². The first kappa shape index (κ1) is 11.0. The number of carbonyl (C=O) groups is 1. The number of benzene rings is 1. The summed E-state index contributed by atoms with van der Waals surface area (Å²) in [6, 6.07) is 4.49. The Morgan fingerprint density at radius 2 is 2.29 bits per heavy atom. The van der Waals surface area contributed by atoms with Gasteiger partial charge in [0.05, 0.1) is 0 Å². The summed E-state index contributed by atoms with van der Waals surface area (Å²) in [5.41, 5.74) is 7.31. The van der Waals surface area contributed by atoms with Crippen molar-refractivity contribution in [2.45, 2.75) is 19.4 Å². The van der Waals surface area contributed by atoms with Gasteiger partial charge in [0.2, 0.25) is 0 Å². The first-order valence-corrected chi connectivity index (χ1v) is 4.62. The molecule has 0 radical (unpaired) electrons. The van der Waals surface area contributed by atoms with Gasteiger partial charge in [0.25, 0.3) is 0 Å². The first-order chi connectivity index (χ1) is 6.50. The smallest absolute Gasteiger partial charge is 0.320 e. The van der Waals surface area contributed by atoms with Crippen LogP contribution < -0.4 is 5.73 Å². The van der Waals surface area contributed by atoms with Gasteiger partial charge in [-0.3, -0.25) is 4.79 Å². The second kappa shape index (κ2) is 4.44. The molecule has 1 rings (SSSR count). The molecule has 1 aromatic carbocycles. The molecule has 0 aliphatic rings. The summed E-state index contributed by atoms with van der Waals surface area (Å²) >= 11 is 5.77. The quantitative estimate of drug-likeness (QED) is 0.802. The number of aryl methyl sites for hydroxylation is 1. The summed E-state index contributed by atoms with van der Waals surface area (Å²) in [7, 11) is 0. The standard InChI is InChI=1S/C10H12ClNO2/c1-6-4-8(11)3-2-7(6)5-9(12)10(13)14/h2-4,9H,5,12H2,1H3,(H,13,14)/t9-/m1/s1. The van der Waals surface area contributed by atoms with Crippen LogP contribution in [0.3, 0.4) is 0 Å². The van der Waals surface area contributed by atoms with E-state index in [1.165, 1.54) is 0 Å². The molecular weight excluding hydrogens is 202 g/mol. The van der Waals surface area contributed by atoms with Gasteiger partial charge in [-0.25, -0.2) is 0 Å². The lowest BCUT2D eigenvalue weighted by Gasteiger charge is -2.09. The van der Waals surface area contributed by atoms with E-state index in [-0.39, 0.29) is 0 Å². The second-order valence-electron chi connectivity index (χ2n) is 3.22. The maximum atomic E-state index is 10.5. The molecule has 0 aliphatic heterocycles. The van der Waals surface area contributed by atoms with Crippen molar-refractivity contribution in [1.82, 2.24) is 0 Å². The van der Waals surface area contributed by atoms with Crippen LogP contribution in [0.15, 0.2) is 18.2 Å². The van der Waals surface area contributed by atoms with E-state index >= 15 is 0 Å². The molecule has 0 spiro atoms. The second-order valence-corrected chi connectivity index (χ2v) is 3.66. The van der Waals surface area contributed by atoms with Crippen molar-refractivity contribution in [3.05, 3.63) is 34.3 Å². The van der Waals surface area contributed by atoms with Gasteiger partial charge in [-0.05, 0) is 36.6 Å². The van der Waals surface area contributed by atoms with Crippen LogP contribution in [0.5, 0.6) is 0 Å². The fraction of sp³-hybridized carbons (Fsp3) is 0.300. The van der Waals surface area contributed by atoms with Gasteiger partial charge in [-0.1, -0.05) is 17.7 Å². The van der Waals surface area contributed by atoms with Crippen molar-refractivity contribution >= 4 is 17.6 Å². The number of aliphatic carboxylic acids is 1. The van der Waals surface area contributed by atoms with E-state index in [9.17, 15) is 4.79 Å². The largest absolute Gasteiger partial charge is 0.480 e. The van der Waals surface area contributed by atoms with Crippen molar-refractivity contribution in [3.63, 3.8) is 0 Å². The third kappa shape index (κ3) is 2.72. The average Bonchev–Trinajstić information content (AvgIpc) is 2.09. The Balaban J connectivity index is 2.82. The van der Waals surface area contributed by atoms with E-state index in [0.717, 1.165) is 11.1 Å². The molecule has 0 aromatic heterocycles. The number of nitrogens with two attached hydrogens (primary N) is 1. The van der Waals surface area contributed by atoms with Crippen molar-refractivity contribution in [3.8, 4) is 0 Å². The minimum Gasteiger partial charge on any atom is -0.480 e. The predicted octanol–water partition coefficient (Wildman–Crippen LogP) is 1.60. The predicted molar refractivity (Wildman–Crippen MR) is 55.5 cm³/mol. The minimum atomic E-state index is -0.987. The Labute approximate surface area is 87.5 Å². The lowest BCUT2D eigenvalue weighted by molar-refractivity contribution is -0.138. The summed E-state index contributed by atoms with van der Waals surface area (Å²) in [5.74, 6) is -0.987. The lowest BCUT2D eigenvalue weighted by Crippen LogP contribution is -2.32. The molecular formula is C10H12ClNO2. The van der Waals surface area contributed by atoms with E-state index in [4.69, 9.17) is 22.4 Å². The van der Waals surface area contributed by atoms with Gasteiger partial charge < -0.3 is 10.8 Å². The fourth-order valence-corrected chi connectivity index (χ4v) is 1.44. The monoisotopic (exact) mass is 213 g/mol. The number of carboxylic acids is 1. The van der Waals surface area contributed by atoms with Gasteiger partial charge in [-0.2, -0.15) is 0 Å². The molecule has 76 valence electrons. The average molecular weight is 214 g/mol.